The summed E-state index contributed by atoms with van der Waals surface area (Å²) in [6, 6.07) is 12.7. The summed E-state index contributed by atoms with van der Waals surface area (Å²) in [5, 5.41) is 2.95. The molecule has 6 heteroatoms. The van der Waals surface area contributed by atoms with Crippen LogP contribution in [0.25, 0.3) is 0 Å². The lowest BCUT2D eigenvalue weighted by atomic mass is 9.88. The average molecular weight is 364 g/mol. The van der Waals surface area contributed by atoms with Gasteiger partial charge in [0.25, 0.3) is 5.91 Å². The summed E-state index contributed by atoms with van der Waals surface area (Å²) in [6.07, 6.45) is 0. The monoisotopic (exact) mass is 363 g/mol. The third kappa shape index (κ3) is 5.29. The van der Waals surface area contributed by atoms with Gasteiger partial charge in [-0.15, -0.1) is 0 Å². The van der Waals surface area contributed by atoms with Gasteiger partial charge in [0, 0.05) is 5.02 Å². The Bertz CT molecular complexity index is 747. The van der Waals surface area contributed by atoms with Crippen molar-refractivity contribution in [2.75, 3.05) is 11.9 Å². The van der Waals surface area contributed by atoms with Crippen LogP contribution in [0.15, 0.2) is 48.5 Å². The van der Waals surface area contributed by atoms with E-state index in [9.17, 15) is 14.0 Å². The minimum atomic E-state index is -0.600. The third-order valence-electron chi connectivity index (χ3n) is 3.64. The fourth-order valence-corrected chi connectivity index (χ4v) is 2.56. The van der Waals surface area contributed by atoms with Gasteiger partial charge in [0.15, 0.2) is 6.61 Å². The second-order valence-electron chi connectivity index (χ2n) is 5.91. The predicted octanol–water partition coefficient (Wildman–Crippen LogP) is 4.40. The molecule has 2 rings (SSSR count). The van der Waals surface area contributed by atoms with E-state index in [0.29, 0.717) is 5.02 Å². The minimum Gasteiger partial charge on any atom is -0.455 e. The lowest BCUT2D eigenvalue weighted by Crippen LogP contribution is -2.26. The number of benzene rings is 2. The maximum atomic E-state index is 13.5. The van der Waals surface area contributed by atoms with Crippen molar-refractivity contribution in [1.29, 1.82) is 0 Å². The molecule has 0 aliphatic rings. The van der Waals surface area contributed by atoms with Gasteiger partial charge in [-0.3, -0.25) is 9.59 Å². The number of carbonyl (C=O) groups excluding carboxylic acids is 2. The molecule has 0 aromatic heterocycles. The molecule has 2 aromatic rings. The molecular weight excluding hydrogens is 345 g/mol. The van der Waals surface area contributed by atoms with Crippen LogP contribution in [0.5, 0.6) is 0 Å². The van der Waals surface area contributed by atoms with Crippen molar-refractivity contribution < 1.29 is 18.7 Å². The molecule has 0 unspecified atom stereocenters. The first kappa shape index (κ1) is 18.9. The Kier molecular flexibility index (Phi) is 6.53. The quantitative estimate of drug-likeness (QED) is 0.774. The smallest absolute Gasteiger partial charge is 0.314 e. The van der Waals surface area contributed by atoms with Crippen molar-refractivity contribution in [3.63, 3.8) is 0 Å². The number of hydrogen-bond donors (Lipinski definition) is 1. The molecule has 2 aromatic carbocycles. The van der Waals surface area contributed by atoms with Crippen molar-refractivity contribution in [1.82, 2.24) is 0 Å². The molecular formula is C19H19ClFNO3. The van der Waals surface area contributed by atoms with Crippen molar-refractivity contribution in [3.05, 3.63) is 64.9 Å². The number of carbonyl (C=O) groups is 2. The van der Waals surface area contributed by atoms with Gasteiger partial charge in [-0.05, 0) is 35.7 Å². The fourth-order valence-electron chi connectivity index (χ4n) is 2.44. The number of anilines is 1. The van der Waals surface area contributed by atoms with Gasteiger partial charge in [-0.2, -0.15) is 0 Å². The summed E-state index contributed by atoms with van der Waals surface area (Å²) >= 11 is 5.87. The molecule has 0 aliphatic carbocycles. The van der Waals surface area contributed by atoms with E-state index in [1.165, 1.54) is 18.2 Å². The van der Waals surface area contributed by atoms with Crippen LogP contribution < -0.4 is 5.32 Å². The van der Waals surface area contributed by atoms with E-state index in [1.807, 2.05) is 13.8 Å². The number of nitrogens with one attached hydrogen (secondary N) is 1. The Balaban J connectivity index is 1.98. The number of rotatable bonds is 6. The van der Waals surface area contributed by atoms with Crippen LogP contribution in [0.3, 0.4) is 0 Å². The number of ether oxygens (including phenoxy) is 1. The van der Waals surface area contributed by atoms with Crippen molar-refractivity contribution in [2.24, 2.45) is 5.92 Å². The molecule has 0 fully saturated rings. The van der Waals surface area contributed by atoms with Gasteiger partial charge in [0.2, 0.25) is 0 Å². The Morgan fingerprint density at radius 2 is 1.76 bits per heavy atom. The zero-order chi connectivity index (χ0) is 18.4. The van der Waals surface area contributed by atoms with Crippen LogP contribution in [0, 0.1) is 11.7 Å². The van der Waals surface area contributed by atoms with E-state index in [0.717, 1.165) is 5.56 Å². The molecule has 132 valence electrons. The van der Waals surface area contributed by atoms with E-state index in [4.69, 9.17) is 16.3 Å². The maximum absolute atomic E-state index is 13.5. The van der Waals surface area contributed by atoms with E-state index < -0.39 is 30.2 Å². The molecule has 1 amide bonds. The number of hydrogen-bond acceptors (Lipinski definition) is 3. The minimum absolute atomic E-state index is 0.0247. The highest BCUT2D eigenvalue weighted by atomic mass is 35.5. The molecule has 0 radical (unpaired) electrons. The fraction of sp³-hybridized carbons (Fsp3) is 0.263. The molecule has 0 spiro atoms. The molecule has 0 heterocycles. The number of para-hydroxylation sites is 1. The number of halogens is 2. The number of amides is 1. The van der Waals surface area contributed by atoms with Crippen LogP contribution >= 0.6 is 11.6 Å². The van der Waals surface area contributed by atoms with E-state index in [2.05, 4.69) is 5.32 Å². The maximum Gasteiger partial charge on any atom is 0.314 e. The Morgan fingerprint density at radius 1 is 1.12 bits per heavy atom. The lowest BCUT2D eigenvalue weighted by molar-refractivity contribution is -0.149. The highest BCUT2D eigenvalue weighted by Crippen LogP contribution is 2.27. The summed E-state index contributed by atoms with van der Waals surface area (Å²) in [7, 11) is 0. The van der Waals surface area contributed by atoms with Gasteiger partial charge < -0.3 is 10.1 Å². The second-order valence-corrected chi connectivity index (χ2v) is 6.35. The standard InChI is InChI=1S/C19H19ClFNO3/c1-12(2)18(13-7-9-14(20)10-8-13)19(24)25-11-17(23)22-16-6-4-3-5-15(16)21/h3-10,12,18H,11H2,1-2H3,(H,22,23)/t18-/m0/s1. The summed E-state index contributed by atoms with van der Waals surface area (Å²) < 4.78 is 18.6. The first-order chi connectivity index (χ1) is 11.9. The molecule has 25 heavy (non-hydrogen) atoms. The summed E-state index contributed by atoms with van der Waals surface area (Å²) in [5.41, 5.74) is 0.806. The average Bonchev–Trinajstić information content (AvgIpc) is 2.57. The molecule has 4 nitrogen and oxygen atoms in total. The van der Waals surface area contributed by atoms with Crippen LogP contribution in [0.1, 0.15) is 25.3 Å². The van der Waals surface area contributed by atoms with Crippen molar-refractivity contribution in [3.8, 4) is 0 Å². The first-order valence-corrected chi connectivity index (χ1v) is 8.22. The zero-order valence-corrected chi connectivity index (χ0v) is 14.7. The highest BCUT2D eigenvalue weighted by molar-refractivity contribution is 6.30. The van der Waals surface area contributed by atoms with Gasteiger partial charge in [-0.25, -0.2) is 4.39 Å². The van der Waals surface area contributed by atoms with Gasteiger partial charge in [0.1, 0.15) is 5.82 Å². The van der Waals surface area contributed by atoms with Crippen LogP contribution in [0.4, 0.5) is 10.1 Å². The normalized spacial score (nSPS) is 11.9. The Labute approximate surface area is 150 Å². The summed E-state index contributed by atoms with van der Waals surface area (Å²) in [4.78, 5) is 24.3. The van der Waals surface area contributed by atoms with E-state index in [-0.39, 0.29) is 11.6 Å². The topological polar surface area (TPSA) is 55.4 Å². The largest absolute Gasteiger partial charge is 0.455 e. The summed E-state index contributed by atoms with van der Waals surface area (Å²) in [5.74, 6) is -2.21. The van der Waals surface area contributed by atoms with Crippen molar-refractivity contribution >= 4 is 29.2 Å². The molecule has 0 saturated carbocycles. The number of esters is 1. The molecule has 0 aliphatic heterocycles. The predicted molar refractivity (Wildman–Crippen MR) is 95.0 cm³/mol. The van der Waals surface area contributed by atoms with Crippen LogP contribution in [-0.4, -0.2) is 18.5 Å². The first-order valence-electron chi connectivity index (χ1n) is 7.85. The molecule has 0 saturated heterocycles. The molecule has 1 N–H and O–H groups in total. The summed E-state index contributed by atoms with van der Waals surface area (Å²) in [6.45, 7) is 3.30. The highest BCUT2D eigenvalue weighted by Gasteiger charge is 2.26. The SMILES string of the molecule is CC(C)[C@H](C(=O)OCC(=O)Nc1ccccc1F)c1ccc(Cl)cc1. The van der Waals surface area contributed by atoms with Gasteiger partial charge in [0.05, 0.1) is 11.6 Å². The van der Waals surface area contributed by atoms with Crippen molar-refractivity contribution in [2.45, 2.75) is 19.8 Å². The van der Waals surface area contributed by atoms with Crippen LogP contribution in [-0.2, 0) is 14.3 Å². The van der Waals surface area contributed by atoms with Gasteiger partial charge >= 0.3 is 5.97 Å². The van der Waals surface area contributed by atoms with E-state index >= 15 is 0 Å². The second kappa shape index (κ2) is 8.62. The molecule has 1 atom stereocenters. The Morgan fingerprint density at radius 3 is 2.36 bits per heavy atom. The van der Waals surface area contributed by atoms with Gasteiger partial charge in [-0.1, -0.05) is 49.7 Å². The Hall–Kier alpha value is -2.40. The van der Waals surface area contributed by atoms with Crippen LogP contribution in [0.2, 0.25) is 5.02 Å². The molecule has 0 bridgehead atoms. The third-order valence-corrected chi connectivity index (χ3v) is 3.90. The zero-order valence-electron chi connectivity index (χ0n) is 14.0. The van der Waals surface area contributed by atoms with E-state index in [1.54, 1.807) is 30.3 Å². The lowest BCUT2D eigenvalue weighted by Gasteiger charge is -2.20.